The maximum Gasteiger partial charge on any atom is 1.00 e. The second kappa shape index (κ2) is 17.2. The van der Waals surface area contributed by atoms with Crippen molar-refractivity contribution in [1.29, 1.82) is 0 Å². The molecule has 0 heterocycles. The van der Waals surface area contributed by atoms with Crippen molar-refractivity contribution >= 4 is 0 Å². The zero-order chi connectivity index (χ0) is 25.6. The monoisotopic (exact) mass is 517 g/mol. The predicted octanol–water partition coefficient (Wildman–Crippen LogP) is 2.76. The summed E-state index contributed by atoms with van der Waals surface area (Å²) in [6.07, 6.45) is 7.89. The van der Waals surface area contributed by atoms with E-state index >= 15 is 0 Å². The van der Waals surface area contributed by atoms with Crippen LogP contribution in [0, 0.1) is 20.6 Å². The molecule has 9 nitrogen and oxygen atoms in total. The summed E-state index contributed by atoms with van der Waals surface area (Å²) in [5, 5.41) is 14.2. The van der Waals surface area contributed by atoms with Crippen molar-refractivity contribution in [2.45, 2.75) is 63.5 Å². The van der Waals surface area contributed by atoms with Crippen LogP contribution in [-0.2, 0) is 12.8 Å². The van der Waals surface area contributed by atoms with Gasteiger partial charge < -0.3 is 0 Å². The van der Waals surface area contributed by atoms with Gasteiger partial charge >= 0.3 is 29.6 Å². The standard InChI is InChI=1S/C27H38N6O3.Na/c1-31(28-34)21-26(19-24-13-7-3-8-14-24)33(30-36)22-27(20-25-15-9-4-10-16-25)32(29-35)18-17-23-11-5-2-6-12-23;/h2-3,5-8,11-14,25-27H,4,9-10,15-22H2,1H3;/q;+1. The van der Waals surface area contributed by atoms with Crippen LogP contribution in [-0.4, -0.2) is 53.8 Å². The van der Waals surface area contributed by atoms with Gasteiger partial charge in [-0.3, -0.25) is 15.0 Å². The zero-order valence-corrected chi connectivity index (χ0v) is 24.2. The number of hydrogen-bond donors (Lipinski definition) is 0. The Morgan fingerprint density at radius 1 is 0.757 bits per heavy atom. The Morgan fingerprint density at radius 3 is 1.92 bits per heavy atom. The zero-order valence-electron chi connectivity index (χ0n) is 22.2. The summed E-state index contributed by atoms with van der Waals surface area (Å²) in [4.78, 5) is 35.3. The molecule has 2 aromatic rings. The molecule has 0 saturated heterocycles. The van der Waals surface area contributed by atoms with Gasteiger partial charge in [0.15, 0.2) is 0 Å². The molecule has 10 heteroatoms. The summed E-state index contributed by atoms with van der Waals surface area (Å²) in [5.41, 5.74) is 2.17. The van der Waals surface area contributed by atoms with Crippen LogP contribution in [0.2, 0.25) is 0 Å². The number of likely N-dealkylation sites (N-methyl/N-ethyl adjacent to an activating group) is 1. The molecule has 1 aliphatic carbocycles. The Morgan fingerprint density at radius 2 is 1.35 bits per heavy atom. The van der Waals surface area contributed by atoms with Crippen molar-refractivity contribution in [3.63, 3.8) is 0 Å². The Bertz CT molecular complexity index is 917. The van der Waals surface area contributed by atoms with Crippen LogP contribution < -0.4 is 29.6 Å². The third kappa shape index (κ3) is 10.5. The number of hydrogen-bond acceptors (Lipinski definition) is 6. The van der Waals surface area contributed by atoms with E-state index in [2.05, 4.69) is 15.9 Å². The molecule has 37 heavy (non-hydrogen) atoms. The minimum absolute atomic E-state index is 0. The van der Waals surface area contributed by atoms with E-state index in [4.69, 9.17) is 0 Å². The average molecular weight is 518 g/mol. The van der Waals surface area contributed by atoms with Gasteiger partial charge in [0.1, 0.15) is 0 Å². The van der Waals surface area contributed by atoms with Crippen molar-refractivity contribution in [3.05, 3.63) is 86.5 Å². The van der Waals surface area contributed by atoms with Crippen LogP contribution in [0.15, 0.2) is 76.5 Å². The van der Waals surface area contributed by atoms with Gasteiger partial charge in [-0.15, -0.1) is 14.7 Å². The second-order valence-corrected chi connectivity index (χ2v) is 9.84. The van der Waals surface area contributed by atoms with Crippen molar-refractivity contribution in [2.75, 3.05) is 26.7 Å². The average Bonchev–Trinajstić information content (AvgIpc) is 2.93. The molecule has 0 aliphatic heterocycles. The van der Waals surface area contributed by atoms with E-state index in [0.717, 1.165) is 30.4 Å². The van der Waals surface area contributed by atoms with E-state index in [-0.39, 0.29) is 54.7 Å². The summed E-state index contributed by atoms with van der Waals surface area (Å²) >= 11 is 0. The predicted molar refractivity (Wildman–Crippen MR) is 142 cm³/mol. The van der Waals surface area contributed by atoms with Crippen LogP contribution in [0.5, 0.6) is 0 Å². The van der Waals surface area contributed by atoms with Crippen LogP contribution in [0.4, 0.5) is 0 Å². The fourth-order valence-electron chi connectivity index (χ4n) is 5.23. The Labute approximate surface area is 242 Å². The molecule has 3 rings (SSSR count). The molecule has 0 radical (unpaired) electrons. The Balaban J connectivity index is 0.00000481. The first-order valence-electron chi connectivity index (χ1n) is 12.9. The van der Waals surface area contributed by atoms with Gasteiger partial charge in [-0.1, -0.05) is 92.8 Å². The van der Waals surface area contributed by atoms with Gasteiger partial charge in [-0.2, -0.15) is 0 Å². The second-order valence-electron chi connectivity index (χ2n) is 9.84. The number of benzene rings is 2. The van der Waals surface area contributed by atoms with E-state index in [1.54, 1.807) is 12.1 Å². The third-order valence-corrected chi connectivity index (χ3v) is 7.18. The summed E-state index contributed by atoms with van der Waals surface area (Å²) in [6.45, 7) is 0.986. The summed E-state index contributed by atoms with van der Waals surface area (Å²) < 4.78 is 0. The van der Waals surface area contributed by atoms with Gasteiger partial charge in [0.25, 0.3) is 0 Å². The summed E-state index contributed by atoms with van der Waals surface area (Å²) in [5.74, 6) is 0.491. The fourth-order valence-corrected chi connectivity index (χ4v) is 5.23. The Kier molecular flexibility index (Phi) is 14.4. The van der Waals surface area contributed by atoms with Crippen molar-refractivity contribution in [1.82, 2.24) is 15.0 Å². The topological polar surface area (TPSA) is 98.0 Å². The normalized spacial score (nSPS) is 15.1. The van der Waals surface area contributed by atoms with Crippen LogP contribution in [0.1, 0.15) is 49.7 Å². The molecule has 0 amide bonds. The fraction of sp³-hybridized carbons (Fsp3) is 0.556. The first-order chi connectivity index (χ1) is 17.6. The first-order valence-corrected chi connectivity index (χ1v) is 12.9. The molecule has 2 atom stereocenters. The quantitative estimate of drug-likeness (QED) is 0.193. The molecule has 0 N–H and O–H groups in total. The van der Waals surface area contributed by atoms with E-state index in [0.29, 0.717) is 25.3 Å². The van der Waals surface area contributed by atoms with Gasteiger partial charge in [0, 0.05) is 13.6 Å². The minimum atomic E-state index is -0.371. The smallest absolute Gasteiger partial charge is 0.262 e. The first kappa shape index (κ1) is 30.9. The molecule has 0 aromatic heterocycles. The van der Waals surface area contributed by atoms with Crippen LogP contribution in [0.25, 0.3) is 0 Å². The molecule has 1 fully saturated rings. The minimum Gasteiger partial charge on any atom is -0.262 e. The molecule has 2 unspecified atom stereocenters. The van der Waals surface area contributed by atoms with Crippen LogP contribution >= 0.6 is 0 Å². The Hall–Kier alpha value is -2.36. The molecule has 2 aromatic carbocycles. The molecule has 1 saturated carbocycles. The molecule has 1 aliphatic rings. The maximum absolute atomic E-state index is 12.1. The largest absolute Gasteiger partial charge is 1.00 e. The molecule has 194 valence electrons. The van der Waals surface area contributed by atoms with Crippen molar-refractivity contribution in [3.8, 4) is 0 Å². The van der Waals surface area contributed by atoms with Gasteiger partial charge in [-0.05, 0) is 36.3 Å². The molecule has 0 spiro atoms. The molecule has 0 bridgehead atoms. The van der Waals surface area contributed by atoms with Gasteiger partial charge in [-0.25, -0.2) is 0 Å². The number of rotatable bonds is 16. The van der Waals surface area contributed by atoms with E-state index in [1.165, 1.54) is 29.3 Å². The van der Waals surface area contributed by atoms with Crippen molar-refractivity contribution in [2.24, 2.45) is 21.8 Å². The van der Waals surface area contributed by atoms with E-state index < -0.39 is 0 Å². The SMILES string of the molecule is CN(CC(Cc1ccccc1)N(CC(CC1CCCCC1)N(CCc1ccccc1)N=O)N=O)N=O.[Na+]. The van der Waals surface area contributed by atoms with Crippen LogP contribution in [0.3, 0.4) is 0 Å². The number of nitrogens with zero attached hydrogens (tertiary/aromatic N) is 6. The van der Waals surface area contributed by atoms with E-state index in [9.17, 15) is 14.7 Å². The number of nitroso groups, excluding NO2 is 3. The van der Waals surface area contributed by atoms with Gasteiger partial charge in [0.05, 0.1) is 41.0 Å². The summed E-state index contributed by atoms with van der Waals surface area (Å²) in [6, 6.07) is 19.2. The molecular weight excluding hydrogens is 479 g/mol. The van der Waals surface area contributed by atoms with Gasteiger partial charge in [0.2, 0.25) is 0 Å². The van der Waals surface area contributed by atoms with Crippen molar-refractivity contribution < 1.29 is 29.6 Å². The van der Waals surface area contributed by atoms with E-state index in [1.807, 2.05) is 60.7 Å². The third-order valence-electron chi connectivity index (χ3n) is 7.18. The summed E-state index contributed by atoms with van der Waals surface area (Å²) in [7, 11) is 1.59. The maximum atomic E-state index is 12.1. The molecular formula is C27H38N6NaO3+.